The summed E-state index contributed by atoms with van der Waals surface area (Å²) in [6.07, 6.45) is 0.928. The molecule has 0 saturated carbocycles. The third kappa shape index (κ3) is 6.20. The number of carbonyl (C=O) groups excluding carboxylic acids is 1. The first kappa shape index (κ1) is 18.3. The molecule has 24 heavy (non-hydrogen) atoms. The fraction of sp³-hybridized carbons (Fsp3) is 0.389. The van der Waals surface area contributed by atoms with Gasteiger partial charge in [0.1, 0.15) is 10.8 Å². The van der Waals surface area contributed by atoms with E-state index >= 15 is 0 Å². The Kier molecular flexibility index (Phi) is 7.06. The van der Waals surface area contributed by atoms with Gasteiger partial charge in [-0.3, -0.25) is 4.79 Å². The van der Waals surface area contributed by atoms with Crippen molar-refractivity contribution >= 4 is 23.5 Å². The second-order valence-corrected chi connectivity index (χ2v) is 6.76. The zero-order valence-electron chi connectivity index (χ0n) is 14.4. The monoisotopic (exact) mass is 344 g/mol. The lowest BCUT2D eigenvalue weighted by molar-refractivity contribution is -0.119. The molecular weight excluding hydrogens is 320 g/mol. The van der Waals surface area contributed by atoms with Crippen molar-refractivity contribution in [1.29, 1.82) is 0 Å². The third-order valence-corrected chi connectivity index (χ3v) is 4.53. The van der Waals surface area contributed by atoms with Crippen LogP contribution in [0.1, 0.15) is 31.4 Å². The van der Waals surface area contributed by atoms with Gasteiger partial charge in [0.2, 0.25) is 5.91 Å². The Bertz CT molecular complexity index is 643. The zero-order chi connectivity index (χ0) is 17.4. The van der Waals surface area contributed by atoms with E-state index in [9.17, 15) is 4.79 Å². The van der Waals surface area contributed by atoms with Crippen LogP contribution >= 0.6 is 11.8 Å². The third-order valence-electron chi connectivity index (χ3n) is 3.61. The van der Waals surface area contributed by atoms with Crippen LogP contribution in [-0.4, -0.2) is 27.9 Å². The van der Waals surface area contributed by atoms with E-state index in [4.69, 9.17) is 0 Å². The lowest BCUT2D eigenvalue weighted by Crippen LogP contribution is -2.33. The molecule has 0 fully saturated rings. The predicted octanol–water partition coefficient (Wildman–Crippen LogP) is 3.40. The molecule has 0 saturated heterocycles. The minimum absolute atomic E-state index is 0.0257. The minimum Gasteiger partial charge on any atom is -0.365 e. The van der Waals surface area contributed by atoms with Crippen LogP contribution in [0.2, 0.25) is 0 Å². The molecule has 6 heteroatoms. The molecule has 0 radical (unpaired) electrons. The predicted molar refractivity (Wildman–Crippen MR) is 99.2 cm³/mol. The number of thioether (sulfide) groups is 1. The number of amides is 1. The normalized spacial score (nSPS) is 11.8. The van der Waals surface area contributed by atoms with E-state index in [-0.39, 0.29) is 11.9 Å². The maximum absolute atomic E-state index is 11.7. The summed E-state index contributed by atoms with van der Waals surface area (Å²) in [7, 11) is 0. The highest BCUT2D eigenvalue weighted by Gasteiger charge is 2.07. The Hall–Kier alpha value is -2.08. The van der Waals surface area contributed by atoms with Crippen molar-refractivity contribution < 1.29 is 4.79 Å². The van der Waals surface area contributed by atoms with Gasteiger partial charge in [0.05, 0.1) is 5.75 Å². The molecule has 1 atom stereocenters. The Morgan fingerprint density at radius 3 is 2.54 bits per heavy atom. The van der Waals surface area contributed by atoms with E-state index in [0.717, 1.165) is 17.3 Å². The van der Waals surface area contributed by atoms with Crippen LogP contribution in [0, 0.1) is 6.92 Å². The molecule has 128 valence electrons. The number of hydrogen-bond donors (Lipinski definition) is 2. The number of anilines is 1. The van der Waals surface area contributed by atoms with Crippen LogP contribution in [0.3, 0.4) is 0 Å². The largest absolute Gasteiger partial charge is 0.365 e. The number of hydrogen-bond acceptors (Lipinski definition) is 5. The van der Waals surface area contributed by atoms with Crippen LogP contribution < -0.4 is 10.6 Å². The smallest absolute Gasteiger partial charge is 0.230 e. The maximum Gasteiger partial charge on any atom is 0.230 e. The van der Waals surface area contributed by atoms with Crippen LogP contribution in [0.25, 0.3) is 0 Å². The lowest BCUT2D eigenvalue weighted by Gasteiger charge is -2.10. The van der Waals surface area contributed by atoms with Gasteiger partial charge in [-0.05, 0) is 38.0 Å². The lowest BCUT2D eigenvalue weighted by atomic mass is 10.1. The van der Waals surface area contributed by atoms with Crippen molar-refractivity contribution in [2.45, 2.75) is 44.8 Å². The molecule has 2 aromatic rings. The minimum atomic E-state index is 0.0257. The molecule has 0 bridgehead atoms. The molecular formula is C18H24N4OS. The highest BCUT2D eigenvalue weighted by molar-refractivity contribution is 7.99. The highest BCUT2D eigenvalue weighted by Crippen LogP contribution is 2.15. The summed E-state index contributed by atoms with van der Waals surface area (Å²) < 4.78 is 0. The summed E-state index contributed by atoms with van der Waals surface area (Å²) in [4.78, 5) is 11.7. The summed E-state index contributed by atoms with van der Waals surface area (Å²) in [5.41, 5.74) is 2.44. The maximum atomic E-state index is 11.7. The molecule has 0 aliphatic rings. The SMILES string of the molecule is CCC(C)NC(=O)CSc1ccc(NCc2ccc(C)cc2)nn1. The summed E-state index contributed by atoms with van der Waals surface area (Å²) in [5, 5.41) is 15.2. The highest BCUT2D eigenvalue weighted by atomic mass is 32.2. The first-order valence-electron chi connectivity index (χ1n) is 8.12. The molecule has 5 nitrogen and oxygen atoms in total. The summed E-state index contributed by atoms with van der Waals surface area (Å²) in [5.74, 6) is 1.11. The molecule has 0 aliphatic carbocycles. The Labute approximate surface area is 147 Å². The van der Waals surface area contributed by atoms with Crippen molar-refractivity contribution in [3.8, 4) is 0 Å². The summed E-state index contributed by atoms with van der Waals surface area (Å²) in [6, 6.07) is 12.3. The second kappa shape index (κ2) is 9.27. The van der Waals surface area contributed by atoms with Gasteiger partial charge in [0.25, 0.3) is 0 Å². The van der Waals surface area contributed by atoms with E-state index in [2.05, 4.69) is 52.0 Å². The summed E-state index contributed by atoms with van der Waals surface area (Å²) in [6.45, 7) is 6.82. The van der Waals surface area contributed by atoms with Crippen molar-refractivity contribution in [1.82, 2.24) is 15.5 Å². The van der Waals surface area contributed by atoms with Gasteiger partial charge < -0.3 is 10.6 Å². The van der Waals surface area contributed by atoms with Crippen LogP contribution in [0.5, 0.6) is 0 Å². The number of carbonyl (C=O) groups is 1. The Morgan fingerprint density at radius 2 is 1.92 bits per heavy atom. The van der Waals surface area contributed by atoms with Gasteiger partial charge in [-0.25, -0.2) is 0 Å². The van der Waals surface area contributed by atoms with Gasteiger partial charge in [-0.15, -0.1) is 10.2 Å². The molecule has 1 unspecified atom stereocenters. The molecule has 2 N–H and O–H groups in total. The molecule has 1 heterocycles. The van der Waals surface area contributed by atoms with Gasteiger partial charge in [0, 0.05) is 12.6 Å². The van der Waals surface area contributed by atoms with Crippen molar-refractivity contribution in [3.05, 3.63) is 47.5 Å². The molecule has 1 aromatic heterocycles. The Morgan fingerprint density at radius 1 is 1.17 bits per heavy atom. The molecule has 1 amide bonds. The van der Waals surface area contributed by atoms with E-state index < -0.39 is 0 Å². The molecule has 2 rings (SSSR count). The number of benzene rings is 1. The van der Waals surface area contributed by atoms with Gasteiger partial charge in [0.15, 0.2) is 0 Å². The van der Waals surface area contributed by atoms with Crippen LogP contribution in [0.4, 0.5) is 5.82 Å². The fourth-order valence-corrected chi connectivity index (χ4v) is 2.57. The van der Waals surface area contributed by atoms with Crippen LogP contribution in [-0.2, 0) is 11.3 Å². The van der Waals surface area contributed by atoms with Crippen molar-refractivity contribution in [2.75, 3.05) is 11.1 Å². The number of rotatable bonds is 8. The topological polar surface area (TPSA) is 66.9 Å². The number of nitrogens with one attached hydrogen (secondary N) is 2. The fourth-order valence-electron chi connectivity index (χ4n) is 1.95. The molecule has 1 aromatic carbocycles. The van der Waals surface area contributed by atoms with E-state index in [1.165, 1.54) is 22.9 Å². The van der Waals surface area contributed by atoms with E-state index in [1.807, 2.05) is 26.0 Å². The average Bonchev–Trinajstić information content (AvgIpc) is 2.60. The average molecular weight is 344 g/mol. The summed E-state index contributed by atoms with van der Waals surface area (Å²) >= 11 is 1.39. The van der Waals surface area contributed by atoms with Crippen molar-refractivity contribution in [2.24, 2.45) is 0 Å². The Balaban J connectivity index is 1.78. The van der Waals surface area contributed by atoms with Gasteiger partial charge in [-0.1, -0.05) is 48.5 Å². The molecule has 0 spiro atoms. The first-order chi connectivity index (χ1) is 11.6. The number of aryl methyl sites for hydroxylation is 1. The first-order valence-corrected chi connectivity index (χ1v) is 9.10. The van der Waals surface area contributed by atoms with Gasteiger partial charge >= 0.3 is 0 Å². The van der Waals surface area contributed by atoms with E-state index in [1.54, 1.807) is 0 Å². The second-order valence-electron chi connectivity index (χ2n) is 5.76. The molecule has 0 aliphatic heterocycles. The standard InChI is InChI=1S/C18H24N4OS/c1-4-14(3)20-17(23)12-24-18-10-9-16(21-22-18)19-11-15-7-5-13(2)6-8-15/h5-10,14H,4,11-12H2,1-3H3,(H,19,21)(H,20,23). The van der Waals surface area contributed by atoms with Crippen LogP contribution in [0.15, 0.2) is 41.4 Å². The zero-order valence-corrected chi connectivity index (χ0v) is 15.2. The number of nitrogens with zero attached hydrogens (tertiary/aromatic N) is 2. The van der Waals surface area contributed by atoms with Crippen molar-refractivity contribution in [3.63, 3.8) is 0 Å². The quantitative estimate of drug-likeness (QED) is 0.719. The van der Waals surface area contributed by atoms with Gasteiger partial charge in [-0.2, -0.15) is 0 Å². The number of aromatic nitrogens is 2. The van der Waals surface area contributed by atoms with E-state index in [0.29, 0.717) is 12.3 Å².